The van der Waals surface area contributed by atoms with Crippen LogP contribution in [0.2, 0.25) is 0 Å². The van der Waals surface area contributed by atoms with Gasteiger partial charge in [-0.1, -0.05) is 78.4 Å². The summed E-state index contributed by atoms with van der Waals surface area (Å²) in [6.45, 7) is 18.3. The van der Waals surface area contributed by atoms with Gasteiger partial charge in [-0.15, -0.1) is 0 Å². The van der Waals surface area contributed by atoms with Crippen LogP contribution in [0.5, 0.6) is 0 Å². The minimum absolute atomic E-state index is 0.197. The van der Waals surface area contributed by atoms with Gasteiger partial charge in [-0.05, 0) is 90.3 Å². The monoisotopic (exact) mass is 760 g/mol. The number of benzene rings is 7. The maximum absolute atomic E-state index is 14.0. The van der Waals surface area contributed by atoms with Gasteiger partial charge in [-0.25, -0.2) is 9.69 Å². The number of aromatic nitrogens is 2. The zero-order chi connectivity index (χ0) is 39.8. The van der Waals surface area contributed by atoms with Crippen LogP contribution in [0.25, 0.3) is 86.9 Å². The van der Waals surface area contributed by atoms with E-state index in [9.17, 15) is 26.3 Å². The van der Waals surface area contributed by atoms with Crippen LogP contribution in [0, 0.1) is 20.1 Å². The van der Waals surface area contributed by atoms with Crippen molar-refractivity contribution in [1.82, 2.24) is 9.13 Å². The van der Waals surface area contributed by atoms with E-state index in [0.29, 0.717) is 49.9 Å². The summed E-state index contributed by atoms with van der Waals surface area (Å²) in [6, 6.07) is 38.4. The van der Waals surface area contributed by atoms with Gasteiger partial charge in [0.15, 0.2) is 11.4 Å². The van der Waals surface area contributed by atoms with E-state index < -0.39 is 23.5 Å². The summed E-state index contributed by atoms with van der Waals surface area (Å²) in [7, 11) is 0. The van der Waals surface area contributed by atoms with E-state index in [4.69, 9.17) is 13.1 Å². The lowest BCUT2D eigenvalue weighted by Crippen LogP contribution is -2.05. The van der Waals surface area contributed by atoms with Crippen molar-refractivity contribution < 1.29 is 26.3 Å². The first-order chi connectivity index (χ1) is 27.4. The molecule has 276 valence electrons. The average molecular weight is 761 g/mol. The second-order valence-corrected chi connectivity index (χ2v) is 13.8. The van der Waals surface area contributed by atoms with E-state index in [0.717, 1.165) is 51.6 Å². The standard InChI is InChI=1S/C47H26F6N4/c1-27-15-20-41-34(23-27)32-9-4-6-12-39(32)56(41)43-21-16-28(31-19-17-30(47(51,52)53)26-38(31)55-3)24-36(43)45-37(54-2)11-8-14-44(45)57-40-13-7-5-10-33(40)35-25-29(46(48,49)50)18-22-42(35)57/h4-26H,1H3. The summed E-state index contributed by atoms with van der Waals surface area (Å²) in [4.78, 5) is 7.45. The Morgan fingerprint density at radius 2 is 1.02 bits per heavy atom. The van der Waals surface area contributed by atoms with Gasteiger partial charge < -0.3 is 9.13 Å². The maximum Gasteiger partial charge on any atom is 0.416 e. The Morgan fingerprint density at radius 3 is 1.67 bits per heavy atom. The molecule has 57 heavy (non-hydrogen) atoms. The smallest absolute Gasteiger partial charge is 0.310 e. The molecule has 0 unspecified atom stereocenters. The van der Waals surface area contributed by atoms with E-state index in [-0.39, 0.29) is 16.9 Å². The van der Waals surface area contributed by atoms with Crippen molar-refractivity contribution in [2.45, 2.75) is 19.3 Å². The summed E-state index contributed by atoms with van der Waals surface area (Å²) in [5.74, 6) is 0. The van der Waals surface area contributed by atoms with Gasteiger partial charge in [0, 0.05) is 38.4 Å². The number of hydrogen-bond acceptors (Lipinski definition) is 0. The molecule has 0 fully saturated rings. The highest BCUT2D eigenvalue weighted by atomic mass is 19.4. The van der Waals surface area contributed by atoms with Gasteiger partial charge in [0.05, 0.1) is 46.5 Å². The van der Waals surface area contributed by atoms with Gasteiger partial charge in [0.1, 0.15) is 0 Å². The Hall–Kier alpha value is -7.30. The largest absolute Gasteiger partial charge is 0.416 e. The van der Waals surface area contributed by atoms with Crippen LogP contribution < -0.4 is 0 Å². The van der Waals surface area contributed by atoms with E-state index in [1.54, 1.807) is 42.5 Å². The molecule has 10 heteroatoms. The lowest BCUT2D eigenvalue weighted by atomic mass is 9.93. The molecule has 0 aliphatic rings. The van der Waals surface area contributed by atoms with Gasteiger partial charge >= 0.3 is 12.4 Å². The molecule has 9 rings (SSSR count). The highest BCUT2D eigenvalue weighted by Crippen LogP contribution is 2.47. The minimum atomic E-state index is -4.66. The number of para-hydroxylation sites is 2. The molecule has 0 spiro atoms. The normalized spacial score (nSPS) is 12.1. The van der Waals surface area contributed by atoms with Crippen LogP contribution in [0.3, 0.4) is 0 Å². The number of hydrogen-bond donors (Lipinski definition) is 0. The van der Waals surface area contributed by atoms with Gasteiger partial charge in [0.2, 0.25) is 0 Å². The van der Waals surface area contributed by atoms with Crippen LogP contribution in [0.15, 0.2) is 140 Å². The molecule has 0 saturated carbocycles. The lowest BCUT2D eigenvalue weighted by molar-refractivity contribution is -0.138. The predicted octanol–water partition coefficient (Wildman–Crippen LogP) is 14.7. The fourth-order valence-electron chi connectivity index (χ4n) is 7.98. The molecule has 7 aromatic carbocycles. The zero-order valence-electron chi connectivity index (χ0n) is 29.8. The predicted molar refractivity (Wildman–Crippen MR) is 213 cm³/mol. The number of fused-ring (bicyclic) bond motifs is 6. The van der Waals surface area contributed by atoms with Crippen molar-refractivity contribution in [2.75, 3.05) is 0 Å². The molecule has 0 saturated heterocycles. The lowest BCUT2D eigenvalue weighted by Gasteiger charge is -2.21. The van der Waals surface area contributed by atoms with E-state index in [1.165, 1.54) is 12.1 Å². The topological polar surface area (TPSA) is 18.6 Å². The second-order valence-electron chi connectivity index (χ2n) is 13.8. The summed E-state index contributed by atoms with van der Waals surface area (Å²) < 4.78 is 87.4. The molecule has 0 atom stereocenters. The summed E-state index contributed by atoms with van der Waals surface area (Å²) >= 11 is 0. The molecule has 0 amide bonds. The van der Waals surface area contributed by atoms with Crippen molar-refractivity contribution in [1.29, 1.82) is 0 Å². The molecule has 0 aliphatic carbocycles. The molecule has 0 radical (unpaired) electrons. The van der Waals surface area contributed by atoms with Gasteiger partial charge in [0.25, 0.3) is 0 Å². The first-order valence-corrected chi connectivity index (χ1v) is 17.7. The summed E-state index contributed by atoms with van der Waals surface area (Å²) in [6.07, 6.45) is -9.24. The molecule has 0 bridgehead atoms. The Balaban J connectivity index is 1.42. The number of aryl methyl sites for hydroxylation is 1. The van der Waals surface area contributed by atoms with Crippen LogP contribution in [-0.2, 0) is 12.4 Å². The summed E-state index contributed by atoms with van der Waals surface area (Å²) in [5, 5.41) is 2.92. The number of alkyl halides is 6. The van der Waals surface area contributed by atoms with E-state index in [2.05, 4.69) is 20.3 Å². The SMILES string of the molecule is [C-]#[N+]c1cc(C(F)(F)F)ccc1-c1ccc(-n2c3ccccc3c3cc(C)ccc32)c(-c2c([N+]#[C-])cccc2-n2c3ccccc3c3cc(C(F)(F)F)ccc32)c1. The third-order valence-electron chi connectivity index (χ3n) is 10.5. The van der Waals surface area contributed by atoms with E-state index >= 15 is 0 Å². The first kappa shape index (κ1) is 35.4. The van der Waals surface area contributed by atoms with Crippen molar-refractivity contribution in [3.8, 4) is 33.6 Å². The van der Waals surface area contributed by atoms with Gasteiger partial charge in [-0.2, -0.15) is 26.3 Å². The highest BCUT2D eigenvalue weighted by molar-refractivity contribution is 6.12. The molecule has 2 heterocycles. The number of rotatable bonds is 4. The van der Waals surface area contributed by atoms with Crippen molar-refractivity contribution in [3.63, 3.8) is 0 Å². The molecule has 4 nitrogen and oxygen atoms in total. The van der Waals surface area contributed by atoms with Crippen molar-refractivity contribution in [3.05, 3.63) is 179 Å². The first-order valence-electron chi connectivity index (χ1n) is 17.7. The van der Waals surface area contributed by atoms with E-state index in [1.807, 2.05) is 66.1 Å². The highest BCUT2D eigenvalue weighted by Gasteiger charge is 2.33. The average Bonchev–Trinajstić information content (AvgIpc) is 3.71. The van der Waals surface area contributed by atoms with Crippen LogP contribution in [0.4, 0.5) is 37.7 Å². The van der Waals surface area contributed by atoms with Crippen LogP contribution in [-0.4, -0.2) is 9.13 Å². The molecule has 0 aliphatic heterocycles. The van der Waals surface area contributed by atoms with Crippen molar-refractivity contribution in [2.24, 2.45) is 0 Å². The third-order valence-corrected chi connectivity index (χ3v) is 10.5. The molecular weight excluding hydrogens is 735 g/mol. The second kappa shape index (κ2) is 12.9. The van der Waals surface area contributed by atoms with Crippen LogP contribution >= 0.6 is 0 Å². The third kappa shape index (κ3) is 5.68. The van der Waals surface area contributed by atoms with Crippen LogP contribution in [0.1, 0.15) is 16.7 Å². The fourth-order valence-corrected chi connectivity index (χ4v) is 7.98. The molecule has 0 N–H and O–H groups in total. The minimum Gasteiger partial charge on any atom is -0.310 e. The molecular formula is C47H26F6N4. The molecule has 2 aromatic heterocycles. The van der Waals surface area contributed by atoms with Gasteiger partial charge in [-0.3, -0.25) is 0 Å². The summed E-state index contributed by atoms with van der Waals surface area (Å²) in [5.41, 5.74) is 4.98. The number of halogens is 6. The Kier molecular flexibility index (Phi) is 8.01. The fraction of sp³-hybridized carbons (Fsp3) is 0.0638. The Bertz CT molecular complexity index is 3200. The Morgan fingerprint density at radius 1 is 0.456 bits per heavy atom. The molecule has 9 aromatic rings. The zero-order valence-corrected chi connectivity index (χ0v) is 29.8. The number of nitrogens with zero attached hydrogens (tertiary/aromatic N) is 4. The Labute approximate surface area is 321 Å². The van der Waals surface area contributed by atoms with Crippen molar-refractivity contribution >= 4 is 55.0 Å². The quantitative estimate of drug-likeness (QED) is 0.126. The maximum atomic E-state index is 14.0.